The van der Waals surface area contributed by atoms with E-state index < -0.39 is 0 Å². The molecule has 0 aliphatic carbocycles. The summed E-state index contributed by atoms with van der Waals surface area (Å²) in [4.78, 5) is 4.52. The molecule has 3 heterocycles. The van der Waals surface area contributed by atoms with Crippen LogP contribution in [-0.4, -0.2) is 17.3 Å². The normalized spacial score (nSPS) is 11.0. The first-order valence-corrected chi connectivity index (χ1v) is 7.80. The SMILES string of the molecule is COc1ccc2nc(C)cc(OCc3cc(-c4ccco4)on3)c2c1. The van der Waals surface area contributed by atoms with Gasteiger partial charge < -0.3 is 18.4 Å². The molecular weight excluding hydrogens is 320 g/mol. The van der Waals surface area contributed by atoms with Crippen LogP contribution < -0.4 is 9.47 Å². The van der Waals surface area contributed by atoms with Gasteiger partial charge in [-0.3, -0.25) is 4.98 Å². The van der Waals surface area contributed by atoms with Crippen LogP contribution in [0.5, 0.6) is 11.5 Å². The van der Waals surface area contributed by atoms with Gasteiger partial charge >= 0.3 is 0 Å². The highest BCUT2D eigenvalue weighted by atomic mass is 16.5. The average molecular weight is 336 g/mol. The van der Waals surface area contributed by atoms with E-state index in [-0.39, 0.29) is 6.61 Å². The summed E-state index contributed by atoms with van der Waals surface area (Å²) in [5.74, 6) is 2.68. The third kappa shape index (κ3) is 3.06. The molecule has 25 heavy (non-hydrogen) atoms. The maximum atomic E-state index is 5.97. The molecule has 0 bridgehead atoms. The Balaban J connectivity index is 1.60. The molecule has 0 radical (unpaired) electrons. The zero-order valence-electron chi connectivity index (χ0n) is 13.9. The van der Waals surface area contributed by atoms with Gasteiger partial charge in [-0.15, -0.1) is 0 Å². The maximum Gasteiger partial charge on any atom is 0.202 e. The number of nitrogens with zero attached hydrogens (tertiary/aromatic N) is 2. The zero-order valence-corrected chi connectivity index (χ0v) is 13.9. The first kappa shape index (κ1) is 15.3. The number of pyridine rings is 1. The Morgan fingerprint density at radius 3 is 2.80 bits per heavy atom. The van der Waals surface area contributed by atoms with Crippen molar-refractivity contribution in [1.82, 2.24) is 10.1 Å². The second-order valence-electron chi connectivity index (χ2n) is 5.59. The third-order valence-electron chi connectivity index (χ3n) is 3.80. The fourth-order valence-electron chi connectivity index (χ4n) is 2.61. The summed E-state index contributed by atoms with van der Waals surface area (Å²) in [5, 5.41) is 4.91. The number of fused-ring (bicyclic) bond motifs is 1. The van der Waals surface area contributed by atoms with Crippen molar-refractivity contribution in [3.63, 3.8) is 0 Å². The molecule has 6 nitrogen and oxygen atoms in total. The van der Waals surface area contributed by atoms with Gasteiger partial charge in [0.1, 0.15) is 23.8 Å². The number of benzene rings is 1. The fraction of sp³-hybridized carbons (Fsp3) is 0.158. The van der Waals surface area contributed by atoms with Gasteiger partial charge in [0.15, 0.2) is 5.76 Å². The van der Waals surface area contributed by atoms with Gasteiger partial charge in [-0.2, -0.15) is 0 Å². The molecule has 0 fully saturated rings. The summed E-state index contributed by atoms with van der Waals surface area (Å²) in [6.45, 7) is 2.21. The molecule has 1 aromatic carbocycles. The number of ether oxygens (including phenoxy) is 2. The molecule has 126 valence electrons. The smallest absolute Gasteiger partial charge is 0.202 e. The van der Waals surface area contributed by atoms with Crippen molar-refractivity contribution in [2.24, 2.45) is 0 Å². The van der Waals surface area contributed by atoms with Crippen LogP contribution in [0.25, 0.3) is 22.4 Å². The molecule has 4 rings (SSSR count). The average Bonchev–Trinajstić information content (AvgIpc) is 3.30. The van der Waals surface area contributed by atoms with Crippen molar-refractivity contribution in [3.8, 4) is 23.0 Å². The predicted octanol–water partition coefficient (Wildman–Crippen LogP) is 4.38. The monoisotopic (exact) mass is 336 g/mol. The minimum absolute atomic E-state index is 0.278. The Morgan fingerprint density at radius 2 is 2.00 bits per heavy atom. The maximum absolute atomic E-state index is 5.97. The van der Waals surface area contributed by atoms with Crippen LogP contribution in [0.3, 0.4) is 0 Å². The van der Waals surface area contributed by atoms with Gasteiger partial charge in [0.05, 0.1) is 18.9 Å². The standard InChI is InChI=1S/C19H16N2O4/c1-12-8-18(15-10-14(22-2)5-6-16(15)20-12)24-11-13-9-19(25-21-13)17-4-3-7-23-17/h3-10H,11H2,1-2H3. The van der Waals surface area contributed by atoms with Gasteiger partial charge in [-0.25, -0.2) is 0 Å². The third-order valence-corrected chi connectivity index (χ3v) is 3.80. The number of furan rings is 1. The highest BCUT2D eigenvalue weighted by Crippen LogP contribution is 2.30. The van der Waals surface area contributed by atoms with Crippen molar-refractivity contribution in [3.05, 3.63) is 60.1 Å². The first-order chi connectivity index (χ1) is 12.2. The number of aryl methyl sites for hydroxylation is 1. The summed E-state index contributed by atoms with van der Waals surface area (Å²) >= 11 is 0. The number of hydrogen-bond acceptors (Lipinski definition) is 6. The van der Waals surface area contributed by atoms with Crippen LogP contribution in [-0.2, 0) is 6.61 Å². The Hall–Kier alpha value is -3.28. The summed E-state index contributed by atoms with van der Waals surface area (Å²) in [7, 11) is 1.63. The molecular formula is C19H16N2O4. The van der Waals surface area contributed by atoms with Crippen LogP contribution in [0.4, 0.5) is 0 Å². The predicted molar refractivity (Wildman–Crippen MR) is 91.6 cm³/mol. The molecule has 0 spiro atoms. The summed E-state index contributed by atoms with van der Waals surface area (Å²) < 4.78 is 21.8. The quantitative estimate of drug-likeness (QED) is 0.539. The summed E-state index contributed by atoms with van der Waals surface area (Å²) in [6, 6.07) is 13.0. The molecule has 0 saturated heterocycles. The van der Waals surface area contributed by atoms with Gasteiger partial charge in [0, 0.05) is 23.2 Å². The number of methoxy groups -OCH3 is 1. The molecule has 0 amide bonds. The van der Waals surface area contributed by atoms with E-state index in [1.165, 1.54) is 0 Å². The number of hydrogen-bond donors (Lipinski definition) is 0. The molecule has 0 aliphatic heterocycles. The molecule has 6 heteroatoms. The minimum Gasteiger partial charge on any atom is -0.497 e. The Kier molecular flexibility index (Phi) is 3.85. The lowest BCUT2D eigenvalue weighted by Gasteiger charge is -2.10. The topological polar surface area (TPSA) is 70.5 Å². The van der Waals surface area contributed by atoms with Crippen molar-refractivity contribution in [2.45, 2.75) is 13.5 Å². The van der Waals surface area contributed by atoms with E-state index >= 15 is 0 Å². The van der Waals surface area contributed by atoms with Crippen molar-refractivity contribution >= 4 is 10.9 Å². The van der Waals surface area contributed by atoms with Crippen LogP contribution in [0, 0.1) is 6.92 Å². The molecule has 3 aromatic heterocycles. The van der Waals surface area contributed by atoms with E-state index in [0.29, 0.717) is 17.2 Å². The van der Waals surface area contributed by atoms with Gasteiger partial charge in [-0.05, 0) is 37.3 Å². The number of rotatable bonds is 5. The highest BCUT2D eigenvalue weighted by molar-refractivity contribution is 5.86. The van der Waals surface area contributed by atoms with Gasteiger partial charge in [0.2, 0.25) is 5.76 Å². The lowest BCUT2D eigenvalue weighted by molar-refractivity contribution is 0.292. The van der Waals surface area contributed by atoms with Crippen LogP contribution in [0.1, 0.15) is 11.4 Å². The Labute approximate surface area is 144 Å². The van der Waals surface area contributed by atoms with Gasteiger partial charge in [0.25, 0.3) is 0 Å². The van der Waals surface area contributed by atoms with Crippen LogP contribution >= 0.6 is 0 Å². The first-order valence-electron chi connectivity index (χ1n) is 7.80. The van der Waals surface area contributed by atoms with Crippen LogP contribution in [0.2, 0.25) is 0 Å². The van der Waals surface area contributed by atoms with Crippen LogP contribution in [0.15, 0.2) is 57.7 Å². The van der Waals surface area contributed by atoms with E-state index in [0.717, 1.165) is 28.1 Å². The van der Waals surface area contributed by atoms with E-state index in [4.69, 9.17) is 18.4 Å². The lowest BCUT2D eigenvalue weighted by Crippen LogP contribution is -1.98. The zero-order chi connectivity index (χ0) is 17.2. The van der Waals surface area contributed by atoms with E-state index in [9.17, 15) is 0 Å². The molecule has 4 aromatic rings. The molecule has 0 aliphatic rings. The fourth-order valence-corrected chi connectivity index (χ4v) is 2.61. The second kappa shape index (κ2) is 6.32. The van der Waals surface area contributed by atoms with Crippen molar-refractivity contribution in [2.75, 3.05) is 7.11 Å². The number of aromatic nitrogens is 2. The van der Waals surface area contributed by atoms with Crippen molar-refractivity contribution < 1.29 is 18.4 Å². The molecule has 0 atom stereocenters. The largest absolute Gasteiger partial charge is 0.497 e. The minimum atomic E-state index is 0.278. The van der Waals surface area contributed by atoms with Crippen molar-refractivity contribution in [1.29, 1.82) is 0 Å². The van der Waals surface area contributed by atoms with E-state index in [1.807, 2.05) is 37.3 Å². The molecule has 0 N–H and O–H groups in total. The summed E-state index contributed by atoms with van der Waals surface area (Å²) in [5.41, 5.74) is 2.41. The Morgan fingerprint density at radius 1 is 1.08 bits per heavy atom. The van der Waals surface area contributed by atoms with E-state index in [1.54, 1.807) is 25.5 Å². The van der Waals surface area contributed by atoms with Gasteiger partial charge in [-0.1, -0.05) is 5.16 Å². The highest BCUT2D eigenvalue weighted by Gasteiger charge is 2.11. The lowest BCUT2D eigenvalue weighted by atomic mass is 10.1. The molecule has 0 unspecified atom stereocenters. The van der Waals surface area contributed by atoms with E-state index in [2.05, 4.69) is 10.1 Å². The molecule has 0 saturated carbocycles. The second-order valence-corrected chi connectivity index (χ2v) is 5.59. The summed E-state index contributed by atoms with van der Waals surface area (Å²) in [6.07, 6.45) is 1.59. The Bertz CT molecular complexity index is 1010.